The number of aromatic amines is 1. The first-order valence-electron chi connectivity index (χ1n) is 24.1. The number of hydrogen-bond donors (Lipinski definition) is 5. The summed E-state index contributed by atoms with van der Waals surface area (Å²) in [5.41, 5.74) is 6.85. The molecule has 6 aromatic rings. The Bertz CT molecular complexity index is 2960. The lowest BCUT2D eigenvalue weighted by Crippen LogP contribution is -2.58. The van der Waals surface area contributed by atoms with Crippen LogP contribution < -0.4 is 20.7 Å². The molecule has 3 aromatic heterocycles. The number of fused-ring (bicyclic) bond motifs is 3. The Balaban J connectivity index is 0.753. The van der Waals surface area contributed by atoms with Gasteiger partial charge in [-0.1, -0.05) is 68.8 Å². The number of rotatable bonds is 19. The number of aryl methyl sites for hydroxylation is 3. The number of likely N-dealkylation sites (tertiary alicyclic amines) is 1. The molecule has 19 nitrogen and oxygen atoms in total. The van der Waals surface area contributed by atoms with E-state index < -0.39 is 47.4 Å². The van der Waals surface area contributed by atoms with Gasteiger partial charge in [-0.2, -0.15) is 0 Å². The zero-order chi connectivity index (χ0) is 52.0. The van der Waals surface area contributed by atoms with Gasteiger partial charge >= 0.3 is 0 Å². The Morgan fingerprint density at radius 1 is 0.890 bits per heavy atom. The molecule has 0 radical (unpaired) electrons. The zero-order valence-corrected chi connectivity index (χ0v) is 42.7. The van der Waals surface area contributed by atoms with Crippen molar-refractivity contribution in [3.05, 3.63) is 130 Å². The standard InChI is InChI=1S/C53H61ClN10O9/c1-30-31(2)57-50-45(30)46(35-12-14-37(54)15-13-35)59-41(49-62-61-33(4)64(49)50)25-43(66)58-38-16-18-40(19-17-38)72-23-22-70-20-21-71-28-44(67)60-48(53(5,6)7)52(69)63-27-39(65)24-42(63)51(68)55-26-34-8-10-36(11-9-34)47-32(3)56-29-73-47/h8-19,29,39,41-42,48,57,65H,20-28H2,1-7H3,(H,55,68)(H,58,66)(H,60,67)/t39-,41?,42+,48?/m1/s1. The highest BCUT2D eigenvalue weighted by atomic mass is 35.5. The van der Waals surface area contributed by atoms with Gasteiger partial charge in [0.1, 0.15) is 48.7 Å². The summed E-state index contributed by atoms with van der Waals surface area (Å²) in [6.45, 7) is 13.8. The normalized spacial score (nSPS) is 16.8. The van der Waals surface area contributed by atoms with E-state index in [0.717, 1.165) is 50.7 Å². The summed E-state index contributed by atoms with van der Waals surface area (Å²) in [7, 11) is 0. The van der Waals surface area contributed by atoms with E-state index >= 15 is 0 Å². The molecule has 3 aromatic carbocycles. The van der Waals surface area contributed by atoms with Crippen LogP contribution in [0.4, 0.5) is 5.69 Å². The van der Waals surface area contributed by atoms with Crippen LogP contribution in [0.15, 0.2) is 88.6 Å². The fourth-order valence-corrected chi connectivity index (χ4v) is 9.00. The summed E-state index contributed by atoms with van der Waals surface area (Å²) in [6, 6.07) is 19.4. The largest absolute Gasteiger partial charge is 0.491 e. The number of benzene rings is 3. The molecule has 1 fully saturated rings. The van der Waals surface area contributed by atoms with Crippen molar-refractivity contribution in [3.8, 4) is 22.9 Å². The summed E-state index contributed by atoms with van der Waals surface area (Å²) in [5.74, 6) is 1.62. The molecule has 5 N–H and O–H groups in total. The second kappa shape index (κ2) is 22.7. The van der Waals surface area contributed by atoms with Gasteiger partial charge in [0.2, 0.25) is 23.6 Å². The first-order valence-corrected chi connectivity index (χ1v) is 24.5. The maximum atomic E-state index is 14.0. The molecular formula is C53H61ClN10O9. The van der Waals surface area contributed by atoms with E-state index in [2.05, 4.69) is 36.1 Å². The third-order valence-electron chi connectivity index (χ3n) is 12.8. The van der Waals surface area contributed by atoms with Crippen molar-refractivity contribution < 1.29 is 42.9 Å². The van der Waals surface area contributed by atoms with E-state index in [1.165, 1.54) is 11.3 Å². The average Bonchev–Trinajstić information content (AvgIpc) is 4.13. The summed E-state index contributed by atoms with van der Waals surface area (Å²) in [6.07, 6.45) is 0.574. The molecule has 1 saturated heterocycles. The van der Waals surface area contributed by atoms with Gasteiger partial charge in [0, 0.05) is 52.6 Å². The minimum atomic E-state index is -0.998. The number of carbonyl (C=O) groups excluding carboxylic acids is 4. The molecule has 2 aliphatic rings. The number of aliphatic hydroxyl groups is 1. The molecule has 384 valence electrons. The van der Waals surface area contributed by atoms with Crippen molar-refractivity contribution in [2.45, 2.75) is 92.1 Å². The summed E-state index contributed by atoms with van der Waals surface area (Å²) in [5, 5.41) is 28.7. The van der Waals surface area contributed by atoms with Crippen molar-refractivity contribution in [3.63, 3.8) is 0 Å². The first-order chi connectivity index (χ1) is 34.9. The number of amides is 4. The number of nitrogens with one attached hydrogen (secondary N) is 4. The molecule has 0 saturated carbocycles. The number of oxazole rings is 1. The fourth-order valence-electron chi connectivity index (χ4n) is 8.88. The number of β-amino-alcohol motifs (C(OH)–C–C–N with tert-alkyl or cyclic N) is 1. The molecule has 5 heterocycles. The fraction of sp³-hybridized carbons (Fsp3) is 0.396. The predicted molar refractivity (Wildman–Crippen MR) is 273 cm³/mol. The van der Waals surface area contributed by atoms with E-state index in [1.807, 2.05) is 102 Å². The summed E-state index contributed by atoms with van der Waals surface area (Å²) < 4.78 is 24.5. The van der Waals surface area contributed by atoms with E-state index in [-0.39, 0.29) is 64.9 Å². The highest BCUT2D eigenvalue weighted by molar-refractivity contribution is 6.30. The van der Waals surface area contributed by atoms with Gasteiger partial charge in [-0.3, -0.25) is 28.7 Å². The number of anilines is 1. The molecule has 0 bridgehead atoms. The van der Waals surface area contributed by atoms with Gasteiger partial charge in [-0.15, -0.1) is 10.2 Å². The maximum Gasteiger partial charge on any atom is 0.246 e. The van der Waals surface area contributed by atoms with Crippen LogP contribution in [0.5, 0.6) is 5.75 Å². The Morgan fingerprint density at radius 3 is 2.29 bits per heavy atom. The number of hydrogen-bond acceptors (Lipinski definition) is 13. The number of carbonyl (C=O) groups is 4. The van der Waals surface area contributed by atoms with Gasteiger partial charge in [-0.05, 0) is 80.6 Å². The molecule has 20 heteroatoms. The van der Waals surface area contributed by atoms with E-state index in [1.54, 1.807) is 24.3 Å². The lowest BCUT2D eigenvalue weighted by molar-refractivity contribution is -0.144. The molecule has 4 atom stereocenters. The van der Waals surface area contributed by atoms with Crippen LogP contribution in [0.1, 0.15) is 84.9 Å². The lowest BCUT2D eigenvalue weighted by atomic mass is 9.85. The average molecular weight is 1020 g/mol. The minimum Gasteiger partial charge on any atom is -0.491 e. The molecule has 73 heavy (non-hydrogen) atoms. The van der Waals surface area contributed by atoms with Crippen molar-refractivity contribution in [1.29, 1.82) is 0 Å². The summed E-state index contributed by atoms with van der Waals surface area (Å²) >= 11 is 6.24. The van der Waals surface area contributed by atoms with Crippen molar-refractivity contribution >= 4 is 46.6 Å². The van der Waals surface area contributed by atoms with Crippen molar-refractivity contribution in [2.24, 2.45) is 10.4 Å². The van der Waals surface area contributed by atoms with Crippen LogP contribution in [0.2, 0.25) is 5.02 Å². The third kappa shape index (κ3) is 12.4. The van der Waals surface area contributed by atoms with E-state index in [0.29, 0.717) is 33.9 Å². The van der Waals surface area contributed by atoms with E-state index in [9.17, 15) is 24.3 Å². The van der Waals surface area contributed by atoms with Crippen LogP contribution in [0.25, 0.3) is 17.1 Å². The number of nitrogens with zero attached hydrogens (tertiary/aromatic N) is 6. The molecular weight excluding hydrogens is 956 g/mol. The number of aromatic nitrogens is 5. The molecule has 2 aliphatic heterocycles. The van der Waals surface area contributed by atoms with Gasteiger partial charge in [-0.25, -0.2) is 4.98 Å². The predicted octanol–water partition coefficient (Wildman–Crippen LogP) is 6.28. The zero-order valence-electron chi connectivity index (χ0n) is 42.0. The van der Waals surface area contributed by atoms with Crippen LogP contribution in [0, 0.1) is 33.1 Å². The minimum absolute atomic E-state index is 0.0101. The van der Waals surface area contributed by atoms with E-state index in [4.69, 9.17) is 35.2 Å². The molecule has 4 amide bonds. The quantitative estimate of drug-likeness (QED) is 0.0564. The summed E-state index contributed by atoms with van der Waals surface area (Å²) in [4.78, 5) is 68.2. The number of aliphatic hydroxyl groups excluding tert-OH is 1. The van der Waals surface area contributed by atoms with Crippen LogP contribution >= 0.6 is 11.6 Å². The SMILES string of the molecule is Cc1ncoc1-c1ccc(CNC(=O)[C@@H]2C[C@@H](O)CN2C(=O)C(NC(=O)COCCOCCOc2ccc(NC(=O)CC3N=C(c4ccc(Cl)cc4)c4c([nH]c(C)c4C)-n4c(C)nnc43)cc2)C(C)(C)C)cc1. The van der Waals surface area contributed by atoms with Crippen LogP contribution in [0.3, 0.4) is 0 Å². The van der Waals surface area contributed by atoms with Crippen LogP contribution in [-0.2, 0) is 35.2 Å². The highest BCUT2D eigenvalue weighted by Crippen LogP contribution is 2.36. The Labute approximate surface area is 428 Å². The van der Waals surface area contributed by atoms with Gasteiger partial charge in [0.25, 0.3) is 0 Å². The molecule has 2 unspecified atom stereocenters. The second-order valence-corrected chi connectivity index (χ2v) is 19.7. The number of halogens is 1. The lowest BCUT2D eigenvalue weighted by Gasteiger charge is -2.35. The van der Waals surface area contributed by atoms with Crippen molar-refractivity contribution in [2.75, 3.05) is 44.9 Å². The monoisotopic (exact) mass is 1020 g/mol. The topological polar surface area (TPSA) is 240 Å². The Morgan fingerprint density at radius 2 is 1.59 bits per heavy atom. The number of ether oxygens (including phenoxy) is 3. The van der Waals surface area contributed by atoms with Crippen LogP contribution in [-0.4, -0.2) is 122 Å². The maximum absolute atomic E-state index is 14.0. The van der Waals surface area contributed by atoms with Gasteiger partial charge in [0.15, 0.2) is 18.0 Å². The van der Waals surface area contributed by atoms with Crippen molar-refractivity contribution in [1.82, 2.24) is 40.3 Å². The molecule has 0 spiro atoms. The third-order valence-corrected chi connectivity index (χ3v) is 13.1. The molecule has 0 aliphatic carbocycles. The Kier molecular flexibility index (Phi) is 16.2. The Hall–Kier alpha value is -7.19. The van der Waals surface area contributed by atoms with Gasteiger partial charge < -0.3 is 49.6 Å². The van der Waals surface area contributed by atoms with Gasteiger partial charge in [0.05, 0.1) is 43.8 Å². The number of H-pyrrole nitrogens is 1. The number of aliphatic imine (C=N–C) groups is 1. The highest BCUT2D eigenvalue weighted by Gasteiger charge is 2.44. The smallest absolute Gasteiger partial charge is 0.246 e. The first kappa shape index (κ1) is 52.1. The second-order valence-electron chi connectivity index (χ2n) is 19.3. The molecule has 8 rings (SSSR count).